The standard InChI is InChI=1S/C29H30N6O5/c1-2-38-23-7-3-4-8-24(23)39-22-6-5-15-35(19-22)26-18-30-17-25(32-26)33-29-31-14-13-27(34-29)40-21-11-9-20(10-12-21)16-28(36)37/h3-4,7-14,17-18,22H,2,5-6,15-16,19H2,1H3,(H,36,37)(H,31,32,33,34)/t22-/m1/s1. The van der Waals surface area contributed by atoms with E-state index in [0.29, 0.717) is 42.1 Å². The van der Waals surface area contributed by atoms with Crippen LogP contribution in [0, 0.1) is 0 Å². The summed E-state index contributed by atoms with van der Waals surface area (Å²) in [5, 5.41) is 12.0. The van der Waals surface area contributed by atoms with Crippen LogP contribution in [0.25, 0.3) is 0 Å². The minimum absolute atomic E-state index is 0.0101. The summed E-state index contributed by atoms with van der Waals surface area (Å²) in [6.07, 6.45) is 6.76. The Bertz CT molecular complexity index is 1430. The monoisotopic (exact) mass is 542 g/mol. The zero-order valence-electron chi connectivity index (χ0n) is 22.1. The van der Waals surface area contributed by atoms with Gasteiger partial charge in [0.15, 0.2) is 17.3 Å². The molecule has 5 rings (SSSR count). The molecule has 1 aliphatic rings. The van der Waals surface area contributed by atoms with E-state index in [9.17, 15) is 4.79 Å². The number of nitrogens with zero attached hydrogens (tertiary/aromatic N) is 5. The summed E-state index contributed by atoms with van der Waals surface area (Å²) in [7, 11) is 0. The summed E-state index contributed by atoms with van der Waals surface area (Å²) in [5.74, 6) is 3.00. The number of para-hydroxylation sites is 2. The normalized spacial score (nSPS) is 14.8. The largest absolute Gasteiger partial charge is 0.490 e. The Morgan fingerprint density at radius 1 is 1.07 bits per heavy atom. The zero-order chi connectivity index (χ0) is 27.7. The molecule has 1 atom stereocenters. The second kappa shape index (κ2) is 12.7. The summed E-state index contributed by atoms with van der Waals surface area (Å²) < 4.78 is 17.8. The van der Waals surface area contributed by atoms with Crippen molar-refractivity contribution in [2.24, 2.45) is 0 Å². The van der Waals surface area contributed by atoms with Gasteiger partial charge in [-0.25, -0.2) is 9.97 Å². The van der Waals surface area contributed by atoms with E-state index in [4.69, 9.17) is 24.3 Å². The number of carboxylic acids is 1. The molecule has 0 aliphatic carbocycles. The van der Waals surface area contributed by atoms with Crippen molar-refractivity contribution < 1.29 is 24.1 Å². The molecule has 11 nitrogen and oxygen atoms in total. The van der Waals surface area contributed by atoms with E-state index < -0.39 is 5.97 Å². The molecule has 11 heteroatoms. The number of hydrogen-bond donors (Lipinski definition) is 2. The fourth-order valence-electron chi connectivity index (χ4n) is 4.36. The first-order valence-electron chi connectivity index (χ1n) is 13.1. The first-order valence-corrected chi connectivity index (χ1v) is 13.1. The van der Waals surface area contributed by atoms with E-state index in [2.05, 4.69) is 25.2 Å². The van der Waals surface area contributed by atoms with Crippen LogP contribution in [0.2, 0.25) is 0 Å². The zero-order valence-corrected chi connectivity index (χ0v) is 22.1. The summed E-state index contributed by atoms with van der Waals surface area (Å²) in [6.45, 7) is 4.05. The van der Waals surface area contributed by atoms with E-state index in [1.165, 1.54) is 0 Å². The van der Waals surface area contributed by atoms with Crippen LogP contribution in [0.3, 0.4) is 0 Å². The minimum atomic E-state index is -0.885. The third-order valence-corrected chi connectivity index (χ3v) is 6.14. The van der Waals surface area contributed by atoms with Gasteiger partial charge in [0, 0.05) is 18.8 Å². The second-order valence-electron chi connectivity index (χ2n) is 9.13. The average Bonchev–Trinajstić information content (AvgIpc) is 2.96. The van der Waals surface area contributed by atoms with Crippen molar-refractivity contribution in [1.82, 2.24) is 19.9 Å². The molecule has 4 aromatic rings. The van der Waals surface area contributed by atoms with E-state index in [1.807, 2.05) is 31.2 Å². The molecule has 0 bridgehead atoms. The van der Waals surface area contributed by atoms with Crippen LogP contribution in [-0.4, -0.2) is 56.8 Å². The van der Waals surface area contributed by atoms with Gasteiger partial charge in [-0.2, -0.15) is 4.98 Å². The molecule has 0 radical (unpaired) electrons. The smallest absolute Gasteiger partial charge is 0.307 e. The summed E-state index contributed by atoms with van der Waals surface area (Å²) >= 11 is 0. The van der Waals surface area contributed by atoms with Crippen LogP contribution in [0.4, 0.5) is 17.6 Å². The van der Waals surface area contributed by atoms with Crippen LogP contribution in [0.1, 0.15) is 25.3 Å². The molecule has 1 saturated heterocycles. The molecule has 0 saturated carbocycles. The maximum Gasteiger partial charge on any atom is 0.307 e. The van der Waals surface area contributed by atoms with Crippen LogP contribution in [0.15, 0.2) is 73.2 Å². The van der Waals surface area contributed by atoms with Gasteiger partial charge in [-0.15, -0.1) is 0 Å². The van der Waals surface area contributed by atoms with Gasteiger partial charge >= 0.3 is 5.97 Å². The SMILES string of the molecule is CCOc1ccccc1O[C@@H]1CCCN(c2cncc(Nc3nccc(Oc4ccc(CC(=O)O)cc4)n3)n2)C1. The van der Waals surface area contributed by atoms with Crippen LogP contribution in [-0.2, 0) is 11.2 Å². The number of aromatic nitrogens is 4. The van der Waals surface area contributed by atoms with E-state index in [-0.39, 0.29) is 12.5 Å². The highest BCUT2D eigenvalue weighted by atomic mass is 16.5. The number of rotatable bonds is 11. The van der Waals surface area contributed by atoms with Gasteiger partial charge in [0.25, 0.3) is 0 Å². The van der Waals surface area contributed by atoms with Crippen LogP contribution >= 0.6 is 0 Å². The summed E-state index contributed by atoms with van der Waals surface area (Å²) in [4.78, 5) is 30.8. The maximum atomic E-state index is 10.9. The van der Waals surface area contributed by atoms with Crippen molar-refractivity contribution in [2.45, 2.75) is 32.3 Å². The lowest BCUT2D eigenvalue weighted by Gasteiger charge is -2.33. The van der Waals surface area contributed by atoms with Crippen molar-refractivity contribution in [3.8, 4) is 23.1 Å². The molecule has 0 unspecified atom stereocenters. The quantitative estimate of drug-likeness (QED) is 0.269. The molecule has 1 aliphatic heterocycles. The molecule has 2 aromatic carbocycles. The minimum Gasteiger partial charge on any atom is -0.490 e. The molecule has 3 heterocycles. The number of anilines is 3. The number of carbonyl (C=O) groups is 1. The van der Waals surface area contributed by atoms with Gasteiger partial charge < -0.3 is 29.5 Å². The number of carboxylic acid groups (broad SMARTS) is 1. The van der Waals surface area contributed by atoms with Crippen molar-refractivity contribution in [1.29, 1.82) is 0 Å². The Morgan fingerprint density at radius 3 is 2.70 bits per heavy atom. The number of hydrogen-bond acceptors (Lipinski definition) is 10. The molecule has 1 fully saturated rings. The first-order chi connectivity index (χ1) is 19.6. The molecular weight excluding hydrogens is 512 g/mol. The predicted octanol–water partition coefficient (Wildman–Crippen LogP) is 4.88. The first kappa shape index (κ1) is 26.7. The van der Waals surface area contributed by atoms with Crippen molar-refractivity contribution in [3.63, 3.8) is 0 Å². The van der Waals surface area contributed by atoms with Crippen molar-refractivity contribution >= 4 is 23.6 Å². The third-order valence-electron chi connectivity index (χ3n) is 6.14. The van der Waals surface area contributed by atoms with E-state index in [0.717, 1.165) is 36.7 Å². The predicted molar refractivity (Wildman–Crippen MR) is 149 cm³/mol. The lowest BCUT2D eigenvalue weighted by Crippen LogP contribution is -2.41. The molecule has 0 spiro atoms. The average molecular weight is 543 g/mol. The van der Waals surface area contributed by atoms with Gasteiger partial charge in [0.2, 0.25) is 11.8 Å². The van der Waals surface area contributed by atoms with Crippen molar-refractivity contribution in [3.05, 3.63) is 78.8 Å². The fourth-order valence-corrected chi connectivity index (χ4v) is 4.36. The van der Waals surface area contributed by atoms with Gasteiger partial charge in [-0.3, -0.25) is 9.78 Å². The van der Waals surface area contributed by atoms with Gasteiger partial charge in [0.1, 0.15) is 17.7 Å². The fraction of sp³-hybridized carbons (Fsp3) is 0.276. The molecule has 2 aromatic heterocycles. The van der Waals surface area contributed by atoms with E-state index in [1.54, 1.807) is 48.9 Å². The highest BCUT2D eigenvalue weighted by Gasteiger charge is 2.24. The topological polar surface area (TPSA) is 132 Å². The Morgan fingerprint density at radius 2 is 1.90 bits per heavy atom. The van der Waals surface area contributed by atoms with Gasteiger partial charge in [0.05, 0.1) is 32.0 Å². The van der Waals surface area contributed by atoms with E-state index >= 15 is 0 Å². The molecular formula is C29H30N6O5. The van der Waals surface area contributed by atoms with Gasteiger partial charge in [-0.05, 0) is 49.6 Å². The highest BCUT2D eigenvalue weighted by molar-refractivity contribution is 5.70. The lowest BCUT2D eigenvalue weighted by atomic mass is 10.1. The number of piperidine rings is 1. The van der Waals surface area contributed by atoms with Gasteiger partial charge in [-0.1, -0.05) is 24.3 Å². The molecule has 206 valence electrons. The van der Waals surface area contributed by atoms with Crippen LogP contribution in [0.5, 0.6) is 23.1 Å². The van der Waals surface area contributed by atoms with Crippen LogP contribution < -0.4 is 24.4 Å². The number of aliphatic carboxylic acids is 1. The Balaban J connectivity index is 1.22. The third kappa shape index (κ3) is 7.13. The second-order valence-corrected chi connectivity index (χ2v) is 9.13. The number of ether oxygens (including phenoxy) is 3. The Labute approximate surface area is 231 Å². The highest BCUT2D eigenvalue weighted by Crippen LogP contribution is 2.30. The molecule has 2 N–H and O–H groups in total. The number of benzene rings is 2. The number of nitrogens with one attached hydrogen (secondary N) is 1. The Kier molecular flexibility index (Phi) is 8.50. The molecule has 40 heavy (non-hydrogen) atoms. The summed E-state index contributed by atoms with van der Waals surface area (Å²) in [6, 6.07) is 16.2. The van der Waals surface area contributed by atoms with Crippen molar-refractivity contribution in [2.75, 3.05) is 29.9 Å². The lowest BCUT2D eigenvalue weighted by molar-refractivity contribution is -0.136. The Hall–Kier alpha value is -4.93. The summed E-state index contributed by atoms with van der Waals surface area (Å²) in [5.41, 5.74) is 0.685. The maximum absolute atomic E-state index is 10.9. The molecule has 0 amide bonds.